The molecule has 0 saturated heterocycles. The summed E-state index contributed by atoms with van der Waals surface area (Å²) >= 11 is 2.02. The maximum absolute atomic E-state index is 4.47. The summed E-state index contributed by atoms with van der Waals surface area (Å²) in [7, 11) is 0. The fourth-order valence-electron chi connectivity index (χ4n) is 2.46. The van der Waals surface area contributed by atoms with Gasteiger partial charge in [0.05, 0.1) is 11.4 Å². The van der Waals surface area contributed by atoms with Crippen molar-refractivity contribution in [2.45, 2.75) is 50.9 Å². The predicted molar refractivity (Wildman–Crippen MR) is 74.4 cm³/mol. The molecule has 2 rings (SSSR count). The van der Waals surface area contributed by atoms with E-state index in [2.05, 4.69) is 41.3 Å². The van der Waals surface area contributed by atoms with Crippen LogP contribution < -0.4 is 5.32 Å². The molecule has 1 aromatic rings. The minimum atomic E-state index is 0.520. The molecule has 0 radical (unpaired) electrons. The van der Waals surface area contributed by atoms with Crippen molar-refractivity contribution in [1.82, 2.24) is 15.1 Å². The van der Waals surface area contributed by atoms with Crippen LogP contribution in [-0.2, 0) is 13.1 Å². The van der Waals surface area contributed by atoms with Gasteiger partial charge in [0.15, 0.2) is 0 Å². The fraction of sp³-hybridized carbons (Fsp3) is 0.769. The van der Waals surface area contributed by atoms with Gasteiger partial charge in [0.2, 0.25) is 0 Å². The molecule has 1 aliphatic rings. The Hall–Kier alpha value is -0.480. The van der Waals surface area contributed by atoms with Crippen LogP contribution in [0.4, 0.5) is 0 Å². The number of rotatable bonds is 6. The Labute approximate surface area is 108 Å². The average molecular weight is 253 g/mol. The minimum absolute atomic E-state index is 0.520. The highest BCUT2D eigenvalue weighted by Gasteiger charge is 2.35. The number of aromatic nitrogens is 2. The highest BCUT2D eigenvalue weighted by atomic mass is 32.2. The van der Waals surface area contributed by atoms with Gasteiger partial charge >= 0.3 is 0 Å². The molecule has 17 heavy (non-hydrogen) atoms. The smallest absolute Gasteiger partial charge is 0.0597 e. The number of aryl methyl sites for hydroxylation is 2. The van der Waals surface area contributed by atoms with Gasteiger partial charge in [-0.1, -0.05) is 6.42 Å². The molecule has 0 atom stereocenters. The monoisotopic (exact) mass is 253 g/mol. The van der Waals surface area contributed by atoms with Crippen molar-refractivity contribution in [2.75, 3.05) is 12.8 Å². The van der Waals surface area contributed by atoms with Gasteiger partial charge in [-0.3, -0.25) is 4.68 Å². The molecule has 96 valence electrons. The van der Waals surface area contributed by atoms with Gasteiger partial charge in [-0.05, 0) is 39.0 Å². The van der Waals surface area contributed by atoms with Crippen LogP contribution in [0, 0.1) is 6.92 Å². The number of thioether (sulfide) groups is 1. The second-order valence-corrected chi connectivity index (χ2v) is 6.21. The van der Waals surface area contributed by atoms with Crippen LogP contribution in [0.5, 0.6) is 0 Å². The van der Waals surface area contributed by atoms with Crippen molar-refractivity contribution < 1.29 is 0 Å². The van der Waals surface area contributed by atoms with E-state index < -0.39 is 0 Å². The van der Waals surface area contributed by atoms with Gasteiger partial charge in [-0.25, -0.2) is 0 Å². The van der Waals surface area contributed by atoms with Gasteiger partial charge in [0.1, 0.15) is 0 Å². The molecule has 1 aromatic heterocycles. The van der Waals surface area contributed by atoms with Gasteiger partial charge in [-0.2, -0.15) is 16.9 Å². The van der Waals surface area contributed by atoms with E-state index >= 15 is 0 Å². The van der Waals surface area contributed by atoms with E-state index in [0.29, 0.717) is 4.75 Å². The lowest BCUT2D eigenvalue weighted by molar-refractivity contribution is 0.343. The molecule has 0 unspecified atom stereocenters. The Kier molecular flexibility index (Phi) is 4.15. The van der Waals surface area contributed by atoms with E-state index in [1.54, 1.807) is 0 Å². The van der Waals surface area contributed by atoms with Gasteiger partial charge in [-0.15, -0.1) is 0 Å². The molecule has 4 heteroatoms. The summed E-state index contributed by atoms with van der Waals surface area (Å²) in [5.74, 6) is 0. The molecular formula is C13H23N3S. The first-order valence-corrected chi connectivity index (χ1v) is 7.71. The Balaban J connectivity index is 1.85. The summed E-state index contributed by atoms with van der Waals surface area (Å²) in [6.45, 7) is 7.23. The minimum Gasteiger partial charge on any atom is -0.310 e. The normalized spacial score (nSPS) is 18.1. The lowest BCUT2D eigenvalue weighted by atomic mass is 9.84. The van der Waals surface area contributed by atoms with Crippen LogP contribution in [-0.4, -0.2) is 27.3 Å². The standard InChI is InChI=1S/C13H23N3S/c1-4-16-12(8-11(2)15-16)9-14-10-13(17-3)6-5-7-13/h8,14H,4-7,9-10H2,1-3H3. The summed E-state index contributed by atoms with van der Waals surface area (Å²) in [6, 6.07) is 2.18. The van der Waals surface area contributed by atoms with E-state index in [9.17, 15) is 0 Å². The van der Waals surface area contributed by atoms with E-state index in [0.717, 1.165) is 25.3 Å². The van der Waals surface area contributed by atoms with Crippen LogP contribution in [0.2, 0.25) is 0 Å². The molecule has 0 bridgehead atoms. The first kappa shape index (κ1) is 13.0. The zero-order valence-electron chi connectivity index (χ0n) is 11.1. The zero-order chi connectivity index (χ0) is 12.3. The van der Waals surface area contributed by atoms with Gasteiger partial charge in [0.25, 0.3) is 0 Å². The quantitative estimate of drug-likeness (QED) is 0.845. The predicted octanol–water partition coefficient (Wildman–Crippen LogP) is 2.59. The molecule has 1 fully saturated rings. The molecule has 1 N–H and O–H groups in total. The van der Waals surface area contributed by atoms with Crippen molar-refractivity contribution >= 4 is 11.8 Å². The van der Waals surface area contributed by atoms with Crippen LogP contribution >= 0.6 is 11.8 Å². The lowest BCUT2D eigenvalue weighted by Gasteiger charge is -2.40. The topological polar surface area (TPSA) is 29.9 Å². The van der Waals surface area contributed by atoms with E-state index in [-0.39, 0.29) is 0 Å². The second-order valence-electron chi connectivity index (χ2n) is 4.94. The molecule has 0 amide bonds. The van der Waals surface area contributed by atoms with E-state index in [1.807, 2.05) is 11.8 Å². The van der Waals surface area contributed by atoms with Crippen molar-refractivity contribution in [2.24, 2.45) is 0 Å². The molecule has 0 spiro atoms. The Morgan fingerprint density at radius 1 is 1.53 bits per heavy atom. The van der Waals surface area contributed by atoms with E-state index in [1.165, 1.54) is 25.0 Å². The largest absolute Gasteiger partial charge is 0.310 e. The third-order valence-electron chi connectivity index (χ3n) is 3.74. The van der Waals surface area contributed by atoms with Gasteiger partial charge < -0.3 is 5.32 Å². The summed E-state index contributed by atoms with van der Waals surface area (Å²) in [5, 5.41) is 8.07. The lowest BCUT2D eigenvalue weighted by Crippen LogP contribution is -2.43. The van der Waals surface area contributed by atoms with Crippen molar-refractivity contribution in [3.05, 3.63) is 17.5 Å². The SMILES string of the molecule is CCn1nc(C)cc1CNCC1(SC)CCC1. The maximum Gasteiger partial charge on any atom is 0.0597 e. The number of hydrogen-bond acceptors (Lipinski definition) is 3. The number of nitrogens with one attached hydrogen (secondary N) is 1. The first-order chi connectivity index (χ1) is 8.19. The van der Waals surface area contributed by atoms with Crippen molar-refractivity contribution in [3.63, 3.8) is 0 Å². The summed E-state index contributed by atoms with van der Waals surface area (Å²) < 4.78 is 2.61. The third-order valence-corrected chi connectivity index (χ3v) is 5.15. The molecule has 1 saturated carbocycles. The molecule has 1 aliphatic carbocycles. The van der Waals surface area contributed by atoms with E-state index in [4.69, 9.17) is 0 Å². The molecule has 0 aromatic carbocycles. The Morgan fingerprint density at radius 2 is 2.29 bits per heavy atom. The van der Waals surface area contributed by atoms with Gasteiger partial charge in [0, 0.05) is 24.4 Å². The van der Waals surface area contributed by atoms with Crippen molar-refractivity contribution in [1.29, 1.82) is 0 Å². The first-order valence-electron chi connectivity index (χ1n) is 6.48. The van der Waals surface area contributed by atoms with Crippen molar-refractivity contribution in [3.8, 4) is 0 Å². The highest BCUT2D eigenvalue weighted by molar-refractivity contribution is 8.00. The van der Waals surface area contributed by atoms with Crippen LogP contribution in [0.1, 0.15) is 37.6 Å². The Morgan fingerprint density at radius 3 is 2.82 bits per heavy atom. The maximum atomic E-state index is 4.47. The summed E-state index contributed by atoms with van der Waals surface area (Å²) in [4.78, 5) is 0. The second kappa shape index (κ2) is 5.44. The van der Waals surface area contributed by atoms with Crippen LogP contribution in [0.25, 0.3) is 0 Å². The Bertz CT molecular complexity index is 363. The third kappa shape index (κ3) is 2.86. The molecule has 1 heterocycles. The molecule has 0 aliphatic heterocycles. The number of nitrogens with zero attached hydrogens (tertiary/aromatic N) is 2. The molecule has 3 nitrogen and oxygen atoms in total. The number of hydrogen-bond donors (Lipinski definition) is 1. The zero-order valence-corrected chi connectivity index (χ0v) is 11.9. The molecular weight excluding hydrogens is 230 g/mol. The van der Waals surface area contributed by atoms with Crippen LogP contribution in [0.15, 0.2) is 6.07 Å². The van der Waals surface area contributed by atoms with Crippen LogP contribution in [0.3, 0.4) is 0 Å². The summed E-state index contributed by atoms with van der Waals surface area (Å²) in [6.07, 6.45) is 6.37. The summed E-state index contributed by atoms with van der Waals surface area (Å²) in [5.41, 5.74) is 2.42. The fourth-order valence-corrected chi connectivity index (χ4v) is 3.40. The average Bonchev–Trinajstić information content (AvgIpc) is 2.63. The highest BCUT2D eigenvalue weighted by Crippen LogP contribution is 2.42.